The van der Waals surface area contributed by atoms with Gasteiger partial charge in [0, 0.05) is 23.8 Å². The van der Waals surface area contributed by atoms with Crippen molar-refractivity contribution in [3.05, 3.63) is 53.0 Å². The fourth-order valence-corrected chi connectivity index (χ4v) is 2.62. The van der Waals surface area contributed by atoms with Crippen molar-refractivity contribution in [1.29, 1.82) is 0 Å². The Morgan fingerprint density at radius 1 is 1.50 bits per heavy atom. The molecule has 4 nitrogen and oxygen atoms in total. The van der Waals surface area contributed by atoms with Crippen molar-refractivity contribution < 1.29 is 13.9 Å². The summed E-state index contributed by atoms with van der Waals surface area (Å²) in [7, 11) is 0. The van der Waals surface area contributed by atoms with Gasteiger partial charge in [0.05, 0.1) is 11.3 Å². The Hall–Kier alpha value is -2.21. The molecule has 2 heterocycles. The van der Waals surface area contributed by atoms with Gasteiger partial charge in [-0.25, -0.2) is 9.37 Å². The molecule has 0 aliphatic rings. The fraction of sp³-hybridized carbons (Fsp3) is 0.143. The number of ether oxygens (including phenoxy) is 1. The first-order valence-electron chi connectivity index (χ1n) is 5.98. The van der Waals surface area contributed by atoms with Crippen LogP contribution in [0.1, 0.15) is 23.0 Å². The van der Waals surface area contributed by atoms with E-state index in [0.29, 0.717) is 5.56 Å². The van der Waals surface area contributed by atoms with E-state index in [1.807, 2.05) is 22.2 Å². The number of carbonyl (C=O) groups is 1. The molecule has 20 heavy (non-hydrogen) atoms. The van der Waals surface area contributed by atoms with Crippen LogP contribution in [0, 0.1) is 5.82 Å². The Bertz CT molecular complexity index is 750. The lowest BCUT2D eigenvalue weighted by Gasteiger charge is -2.08. The quantitative estimate of drug-likeness (QED) is 0.692. The summed E-state index contributed by atoms with van der Waals surface area (Å²) in [5.41, 5.74) is 1.10. The molecule has 0 aliphatic carbocycles. The van der Waals surface area contributed by atoms with Gasteiger partial charge in [0.15, 0.2) is 10.7 Å². The molecule has 3 aromatic rings. The third-order valence-electron chi connectivity index (χ3n) is 2.84. The zero-order valence-electron chi connectivity index (χ0n) is 10.7. The van der Waals surface area contributed by atoms with Crippen molar-refractivity contribution in [3.8, 4) is 5.75 Å². The van der Waals surface area contributed by atoms with Gasteiger partial charge >= 0.3 is 0 Å². The Labute approximate surface area is 118 Å². The summed E-state index contributed by atoms with van der Waals surface area (Å²) in [5.74, 6) is -0.351. The predicted octanol–water partition coefficient (Wildman–Crippen LogP) is 3.32. The molecular formula is C14H11FN2O2S. The van der Waals surface area contributed by atoms with Gasteiger partial charge in [-0.3, -0.25) is 9.20 Å². The van der Waals surface area contributed by atoms with Crippen molar-refractivity contribution in [2.24, 2.45) is 0 Å². The third-order valence-corrected chi connectivity index (χ3v) is 3.61. The van der Waals surface area contributed by atoms with E-state index < -0.39 is 5.82 Å². The van der Waals surface area contributed by atoms with E-state index in [-0.39, 0.29) is 18.1 Å². The van der Waals surface area contributed by atoms with Gasteiger partial charge < -0.3 is 4.74 Å². The highest BCUT2D eigenvalue weighted by molar-refractivity contribution is 7.15. The molecule has 0 saturated heterocycles. The standard InChI is InChI=1S/C14H11FN2O2S/c1-9(18)12-3-2-10(15)6-13(12)19-8-11-7-17-4-5-20-14(17)16-11/h2-7H,8H2,1H3. The van der Waals surface area contributed by atoms with Gasteiger partial charge in [0.1, 0.15) is 18.2 Å². The van der Waals surface area contributed by atoms with Gasteiger partial charge in [0.25, 0.3) is 0 Å². The largest absolute Gasteiger partial charge is 0.486 e. The number of halogens is 1. The smallest absolute Gasteiger partial charge is 0.193 e. The van der Waals surface area contributed by atoms with Gasteiger partial charge in [-0.05, 0) is 19.1 Å². The van der Waals surface area contributed by atoms with Crippen molar-refractivity contribution in [2.45, 2.75) is 13.5 Å². The van der Waals surface area contributed by atoms with Gasteiger partial charge in [-0.15, -0.1) is 11.3 Å². The molecule has 0 unspecified atom stereocenters. The number of thiazole rings is 1. The normalized spacial score (nSPS) is 10.9. The summed E-state index contributed by atoms with van der Waals surface area (Å²) in [6.45, 7) is 1.62. The highest BCUT2D eigenvalue weighted by Gasteiger charge is 2.11. The number of imidazole rings is 1. The number of ketones is 1. The number of aromatic nitrogens is 2. The van der Waals surface area contributed by atoms with Crippen LogP contribution in [0.15, 0.2) is 36.0 Å². The van der Waals surface area contributed by atoms with E-state index >= 15 is 0 Å². The SMILES string of the molecule is CC(=O)c1ccc(F)cc1OCc1cn2ccsc2n1. The van der Waals surface area contributed by atoms with Crippen molar-refractivity contribution in [2.75, 3.05) is 0 Å². The molecule has 2 aromatic heterocycles. The minimum absolute atomic E-state index is 0.161. The molecule has 0 fully saturated rings. The minimum atomic E-state index is -0.434. The second-order valence-corrected chi connectivity index (χ2v) is 5.18. The second-order valence-electron chi connectivity index (χ2n) is 4.31. The van der Waals surface area contributed by atoms with Crippen LogP contribution >= 0.6 is 11.3 Å². The maximum atomic E-state index is 13.2. The molecule has 0 N–H and O–H groups in total. The maximum absolute atomic E-state index is 13.2. The topological polar surface area (TPSA) is 43.6 Å². The molecule has 0 amide bonds. The number of Topliss-reactive ketones (excluding diaryl/α,β-unsaturated/α-hetero) is 1. The Morgan fingerprint density at radius 2 is 2.35 bits per heavy atom. The highest BCUT2D eigenvalue weighted by Crippen LogP contribution is 2.22. The molecule has 6 heteroatoms. The summed E-state index contributed by atoms with van der Waals surface area (Å²) in [6.07, 6.45) is 3.75. The third kappa shape index (κ3) is 2.42. The minimum Gasteiger partial charge on any atom is -0.486 e. The van der Waals surface area contributed by atoms with Gasteiger partial charge in [0.2, 0.25) is 0 Å². The summed E-state index contributed by atoms with van der Waals surface area (Å²) < 4.78 is 20.7. The van der Waals surface area contributed by atoms with E-state index in [0.717, 1.165) is 10.7 Å². The molecule has 0 aliphatic heterocycles. The monoisotopic (exact) mass is 290 g/mol. The number of benzene rings is 1. The lowest BCUT2D eigenvalue weighted by molar-refractivity contribution is 0.101. The predicted molar refractivity (Wildman–Crippen MR) is 73.8 cm³/mol. The fourth-order valence-electron chi connectivity index (χ4n) is 1.90. The zero-order chi connectivity index (χ0) is 14.1. The van der Waals surface area contributed by atoms with Crippen LogP contribution in [0.4, 0.5) is 4.39 Å². The molecule has 0 saturated carbocycles. The number of hydrogen-bond donors (Lipinski definition) is 0. The first-order valence-corrected chi connectivity index (χ1v) is 6.86. The second kappa shape index (κ2) is 5.05. The van der Waals surface area contributed by atoms with E-state index in [2.05, 4.69) is 4.98 Å². The summed E-state index contributed by atoms with van der Waals surface area (Å²) in [4.78, 5) is 16.7. The van der Waals surface area contributed by atoms with Crippen LogP contribution < -0.4 is 4.74 Å². The first kappa shape index (κ1) is 12.8. The molecule has 3 rings (SSSR count). The Morgan fingerprint density at radius 3 is 3.10 bits per heavy atom. The number of nitrogens with zero attached hydrogens (tertiary/aromatic N) is 2. The highest BCUT2D eigenvalue weighted by atomic mass is 32.1. The average Bonchev–Trinajstić information content (AvgIpc) is 2.96. The lowest BCUT2D eigenvalue weighted by Crippen LogP contribution is -2.02. The Kier molecular flexibility index (Phi) is 3.23. The average molecular weight is 290 g/mol. The van der Waals surface area contributed by atoms with E-state index in [9.17, 15) is 9.18 Å². The van der Waals surface area contributed by atoms with E-state index in [1.165, 1.54) is 36.5 Å². The van der Waals surface area contributed by atoms with Crippen LogP contribution in [0.3, 0.4) is 0 Å². The van der Waals surface area contributed by atoms with Crippen LogP contribution in [-0.4, -0.2) is 15.2 Å². The van der Waals surface area contributed by atoms with Crippen LogP contribution in [0.2, 0.25) is 0 Å². The lowest BCUT2D eigenvalue weighted by atomic mass is 10.1. The van der Waals surface area contributed by atoms with Gasteiger partial charge in [-0.2, -0.15) is 0 Å². The molecule has 0 bridgehead atoms. The van der Waals surface area contributed by atoms with Crippen LogP contribution in [0.5, 0.6) is 5.75 Å². The Balaban J connectivity index is 1.82. The maximum Gasteiger partial charge on any atom is 0.193 e. The van der Waals surface area contributed by atoms with Crippen LogP contribution in [-0.2, 0) is 6.61 Å². The number of fused-ring (bicyclic) bond motifs is 1. The molecule has 1 aromatic carbocycles. The van der Waals surface area contributed by atoms with Gasteiger partial charge in [-0.1, -0.05) is 0 Å². The number of carbonyl (C=O) groups excluding carboxylic acids is 1. The first-order chi connectivity index (χ1) is 9.63. The number of rotatable bonds is 4. The van der Waals surface area contributed by atoms with Crippen molar-refractivity contribution >= 4 is 22.1 Å². The van der Waals surface area contributed by atoms with E-state index in [1.54, 1.807) is 0 Å². The molecule has 102 valence electrons. The zero-order valence-corrected chi connectivity index (χ0v) is 11.5. The molecule has 0 atom stereocenters. The summed E-state index contributed by atoms with van der Waals surface area (Å²) >= 11 is 1.52. The van der Waals surface area contributed by atoms with Crippen molar-refractivity contribution in [1.82, 2.24) is 9.38 Å². The molecular weight excluding hydrogens is 279 g/mol. The molecule has 0 radical (unpaired) electrons. The van der Waals surface area contributed by atoms with E-state index in [4.69, 9.17) is 4.74 Å². The molecule has 0 spiro atoms. The van der Waals surface area contributed by atoms with Crippen LogP contribution in [0.25, 0.3) is 4.96 Å². The summed E-state index contributed by atoms with van der Waals surface area (Å²) in [6, 6.07) is 3.89. The van der Waals surface area contributed by atoms with Crippen molar-refractivity contribution in [3.63, 3.8) is 0 Å². The summed E-state index contributed by atoms with van der Waals surface area (Å²) in [5, 5.41) is 1.94. The number of hydrogen-bond acceptors (Lipinski definition) is 4.